The third kappa shape index (κ3) is 4.73. The zero-order chi connectivity index (χ0) is 18.2. The van der Waals surface area contributed by atoms with Crippen LogP contribution in [0.1, 0.15) is 29.0 Å². The van der Waals surface area contributed by atoms with Crippen LogP contribution in [0.5, 0.6) is 5.75 Å². The first-order chi connectivity index (χ1) is 12.7. The zero-order valence-corrected chi connectivity index (χ0v) is 14.6. The van der Waals surface area contributed by atoms with Crippen LogP contribution >= 0.6 is 0 Å². The molecule has 0 radical (unpaired) electrons. The molecule has 2 N–H and O–H groups in total. The molecule has 3 aromatic carbocycles. The number of hydrogen-bond donors (Lipinski definition) is 2. The number of nitrogens with one attached hydrogen (secondary N) is 1. The van der Waals surface area contributed by atoms with E-state index in [4.69, 9.17) is 0 Å². The maximum absolute atomic E-state index is 12.9. The van der Waals surface area contributed by atoms with Gasteiger partial charge in [-0.05, 0) is 41.7 Å². The highest BCUT2D eigenvalue weighted by Crippen LogP contribution is 2.26. The second-order valence-electron chi connectivity index (χ2n) is 6.32. The second kappa shape index (κ2) is 8.86. The van der Waals surface area contributed by atoms with Gasteiger partial charge in [0.2, 0.25) is 5.91 Å². The van der Waals surface area contributed by atoms with Crippen LogP contribution < -0.4 is 5.32 Å². The molecule has 0 spiro atoms. The van der Waals surface area contributed by atoms with Crippen molar-refractivity contribution in [1.82, 2.24) is 5.32 Å². The van der Waals surface area contributed by atoms with Crippen molar-refractivity contribution in [3.63, 3.8) is 0 Å². The van der Waals surface area contributed by atoms with Gasteiger partial charge in [-0.2, -0.15) is 0 Å². The minimum Gasteiger partial charge on any atom is -0.508 e. The Morgan fingerprint density at radius 1 is 0.808 bits per heavy atom. The highest BCUT2D eigenvalue weighted by atomic mass is 16.3. The number of phenolic OH excluding ortho intramolecular Hbond substituents is 1. The van der Waals surface area contributed by atoms with Gasteiger partial charge in [-0.3, -0.25) is 4.79 Å². The van der Waals surface area contributed by atoms with Gasteiger partial charge in [-0.1, -0.05) is 72.8 Å². The molecule has 3 nitrogen and oxygen atoms in total. The number of aromatic hydroxyl groups is 1. The van der Waals surface area contributed by atoms with Gasteiger partial charge in [0.1, 0.15) is 5.75 Å². The molecule has 26 heavy (non-hydrogen) atoms. The molecule has 0 bridgehead atoms. The van der Waals surface area contributed by atoms with Gasteiger partial charge < -0.3 is 10.4 Å². The van der Waals surface area contributed by atoms with E-state index in [0.29, 0.717) is 6.54 Å². The van der Waals surface area contributed by atoms with Crippen molar-refractivity contribution in [1.29, 1.82) is 0 Å². The Kier molecular flexibility index (Phi) is 6.05. The number of carbonyl (C=O) groups is 1. The van der Waals surface area contributed by atoms with E-state index in [9.17, 15) is 9.90 Å². The summed E-state index contributed by atoms with van der Waals surface area (Å²) in [6.45, 7) is 0.634. The molecule has 0 aliphatic rings. The quantitative estimate of drug-likeness (QED) is 0.628. The van der Waals surface area contributed by atoms with Crippen molar-refractivity contribution < 1.29 is 9.90 Å². The number of amides is 1. The second-order valence-corrected chi connectivity index (χ2v) is 6.32. The molecular weight excluding hydrogens is 322 g/mol. The first kappa shape index (κ1) is 17.7. The van der Waals surface area contributed by atoms with Gasteiger partial charge in [0.25, 0.3) is 0 Å². The summed E-state index contributed by atoms with van der Waals surface area (Å²) in [6, 6.07) is 26.8. The predicted molar refractivity (Wildman–Crippen MR) is 104 cm³/mol. The topological polar surface area (TPSA) is 49.3 Å². The van der Waals surface area contributed by atoms with Crippen molar-refractivity contribution in [2.45, 2.75) is 18.8 Å². The third-order valence-corrected chi connectivity index (χ3v) is 4.41. The summed E-state index contributed by atoms with van der Waals surface area (Å²) in [5, 5.41) is 12.6. The summed E-state index contributed by atoms with van der Waals surface area (Å²) in [7, 11) is 0. The summed E-state index contributed by atoms with van der Waals surface area (Å²) >= 11 is 0. The highest BCUT2D eigenvalue weighted by molar-refractivity contribution is 5.87. The van der Waals surface area contributed by atoms with E-state index in [1.54, 1.807) is 24.3 Å². The molecule has 0 aromatic heterocycles. The van der Waals surface area contributed by atoms with E-state index in [-0.39, 0.29) is 17.6 Å². The molecular formula is C23H23NO2. The van der Waals surface area contributed by atoms with E-state index >= 15 is 0 Å². The molecule has 1 atom stereocenters. The van der Waals surface area contributed by atoms with E-state index < -0.39 is 0 Å². The summed E-state index contributed by atoms with van der Waals surface area (Å²) < 4.78 is 0. The number of carbonyl (C=O) groups excluding carboxylic acids is 1. The van der Waals surface area contributed by atoms with Crippen molar-refractivity contribution in [3.05, 3.63) is 102 Å². The van der Waals surface area contributed by atoms with Crippen LogP contribution in [0, 0.1) is 0 Å². The number of rotatable bonds is 7. The van der Waals surface area contributed by atoms with E-state index in [1.807, 2.05) is 48.5 Å². The SMILES string of the molecule is O=C(NCCCc1ccccc1)C(c1ccccc1)c1ccc(O)cc1. The summed E-state index contributed by atoms with van der Waals surface area (Å²) in [5.74, 6) is -0.202. The summed E-state index contributed by atoms with van der Waals surface area (Å²) in [6.07, 6.45) is 1.84. The van der Waals surface area contributed by atoms with Crippen LogP contribution in [-0.4, -0.2) is 17.6 Å². The van der Waals surface area contributed by atoms with Crippen LogP contribution in [0.4, 0.5) is 0 Å². The normalized spacial score (nSPS) is 11.7. The smallest absolute Gasteiger partial charge is 0.232 e. The first-order valence-electron chi connectivity index (χ1n) is 8.89. The van der Waals surface area contributed by atoms with Crippen LogP contribution in [0.3, 0.4) is 0 Å². The van der Waals surface area contributed by atoms with Gasteiger partial charge in [0.15, 0.2) is 0 Å². The van der Waals surface area contributed by atoms with Crippen LogP contribution in [0.2, 0.25) is 0 Å². The van der Waals surface area contributed by atoms with Crippen molar-refractivity contribution in [2.75, 3.05) is 6.54 Å². The summed E-state index contributed by atoms with van der Waals surface area (Å²) in [4.78, 5) is 12.9. The lowest BCUT2D eigenvalue weighted by Gasteiger charge is -2.18. The number of benzene rings is 3. The molecule has 132 valence electrons. The largest absolute Gasteiger partial charge is 0.508 e. The summed E-state index contributed by atoms with van der Waals surface area (Å²) in [5.41, 5.74) is 3.09. The zero-order valence-electron chi connectivity index (χ0n) is 14.6. The van der Waals surface area contributed by atoms with E-state index in [0.717, 1.165) is 24.0 Å². The molecule has 3 rings (SSSR count). The molecule has 1 unspecified atom stereocenters. The maximum Gasteiger partial charge on any atom is 0.232 e. The molecule has 0 fully saturated rings. The number of hydrogen-bond acceptors (Lipinski definition) is 2. The number of phenols is 1. The van der Waals surface area contributed by atoms with Crippen LogP contribution in [-0.2, 0) is 11.2 Å². The lowest BCUT2D eigenvalue weighted by Crippen LogP contribution is -2.31. The Labute approximate surface area is 154 Å². The Balaban J connectivity index is 1.66. The Hall–Kier alpha value is -3.07. The Morgan fingerprint density at radius 3 is 2.04 bits per heavy atom. The van der Waals surface area contributed by atoms with Gasteiger partial charge in [0, 0.05) is 6.54 Å². The fraction of sp³-hybridized carbons (Fsp3) is 0.174. The standard InChI is InChI=1S/C23H23NO2/c25-21-15-13-20(14-16-21)22(19-11-5-2-6-12-19)23(26)24-17-7-10-18-8-3-1-4-9-18/h1-6,8-9,11-16,22,25H,7,10,17H2,(H,24,26). The Morgan fingerprint density at radius 2 is 1.38 bits per heavy atom. The number of aryl methyl sites for hydroxylation is 1. The van der Waals surface area contributed by atoms with Crippen molar-refractivity contribution in [3.8, 4) is 5.75 Å². The maximum atomic E-state index is 12.9. The van der Waals surface area contributed by atoms with Gasteiger partial charge in [0.05, 0.1) is 5.92 Å². The minimum atomic E-state index is -0.381. The highest BCUT2D eigenvalue weighted by Gasteiger charge is 2.22. The molecule has 3 heteroatoms. The molecule has 3 aromatic rings. The van der Waals surface area contributed by atoms with E-state index in [2.05, 4.69) is 17.4 Å². The first-order valence-corrected chi connectivity index (χ1v) is 8.89. The average Bonchev–Trinajstić information content (AvgIpc) is 2.69. The van der Waals surface area contributed by atoms with Crippen molar-refractivity contribution >= 4 is 5.91 Å². The lowest BCUT2D eigenvalue weighted by atomic mass is 9.90. The molecule has 0 heterocycles. The predicted octanol–water partition coefficient (Wildman–Crippen LogP) is 4.27. The molecule has 0 saturated heterocycles. The molecule has 0 aliphatic carbocycles. The average molecular weight is 345 g/mol. The Bertz CT molecular complexity index is 814. The molecule has 1 amide bonds. The van der Waals surface area contributed by atoms with E-state index in [1.165, 1.54) is 5.56 Å². The minimum absolute atomic E-state index is 0.0186. The third-order valence-electron chi connectivity index (χ3n) is 4.41. The van der Waals surface area contributed by atoms with Gasteiger partial charge >= 0.3 is 0 Å². The van der Waals surface area contributed by atoms with Crippen molar-refractivity contribution in [2.24, 2.45) is 0 Å². The van der Waals surface area contributed by atoms with Crippen LogP contribution in [0.25, 0.3) is 0 Å². The fourth-order valence-electron chi connectivity index (χ4n) is 3.06. The van der Waals surface area contributed by atoms with Gasteiger partial charge in [-0.25, -0.2) is 0 Å². The fourth-order valence-corrected chi connectivity index (χ4v) is 3.06. The van der Waals surface area contributed by atoms with Gasteiger partial charge in [-0.15, -0.1) is 0 Å². The monoisotopic (exact) mass is 345 g/mol. The molecule has 0 aliphatic heterocycles. The van der Waals surface area contributed by atoms with Crippen LogP contribution in [0.15, 0.2) is 84.9 Å². The molecule has 0 saturated carbocycles. The lowest BCUT2D eigenvalue weighted by molar-refractivity contribution is -0.121.